The highest BCUT2D eigenvalue weighted by Gasteiger charge is 2.18. The number of nitrogens with two attached hydrogens (primary N) is 1. The lowest BCUT2D eigenvalue weighted by Crippen LogP contribution is -2.13. The molecule has 0 aliphatic carbocycles. The normalized spacial score (nSPS) is 9.95. The molecule has 2 aromatic rings. The molecule has 1 amide bonds. The first kappa shape index (κ1) is 14.3. The van der Waals surface area contributed by atoms with E-state index < -0.39 is 10.8 Å². The van der Waals surface area contributed by atoms with Gasteiger partial charge in [-0.05, 0) is 24.3 Å². The fraction of sp³-hybridized carbons (Fsp3) is 0.0769. The van der Waals surface area contributed by atoms with Crippen molar-refractivity contribution in [1.82, 2.24) is 4.98 Å². The predicted molar refractivity (Wildman–Crippen MR) is 76.3 cm³/mol. The van der Waals surface area contributed by atoms with Gasteiger partial charge in [-0.15, -0.1) is 0 Å². The minimum Gasteiger partial charge on any atom is -0.490 e. The number of nitrogens with one attached hydrogen (secondary N) is 1. The molecule has 1 aromatic heterocycles. The Bertz CT molecular complexity index is 685. The molecule has 0 saturated carbocycles. The van der Waals surface area contributed by atoms with Crippen LogP contribution in [0.2, 0.25) is 0 Å². The molecule has 21 heavy (non-hydrogen) atoms. The molecule has 0 radical (unpaired) electrons. The van der Waals surface area contributed by atoms with Crippen LogP contribution in [0.4, 0.5) is 17.2 Å². The smallest absolute Gasteiger partial charge is 0.311 e. The van der Waals surface area contributed by atoms with Crippen LogP contribution in [-0.4, -0.2) is 22.9 Å². The summed E-state index contributed by atoms with van der Waals surface area (Å²) in [6.07, 6.45) is 1.39. The van der Waals surface area contributed by atoms with Crippen LogP contribution in [0.3, 0.4) is 0 Å². The molecule has 0 unspecified atom stereocenters. The van der Waals surface area contributed by atoms with Crippen molar-refractivity contribution in [3.8, 4) is 5.75 Å². The number of ether oxygens (including phenoxy) is 1. The Labute approximate surface area is 119 Å². The minimum absolute atomic E-state index is 0.0853. The molecule has 0 atom stereocenters. The highest BCUT2D eigenvalue weighted by molar-refractivity contribution is 6.04. The van der Waals surface area contributed by atoms with E-state index in [0.717, 1.165) is 6.07 Å². The van der Waals surface area contributed by atoms with E-state index in [-0.39, 0.29) is 17.0 Å². The Morgan fingerprint density at radius 1 is 1.38 bits per heavy atom. The van der Waals surface area contributed by atoms with E-state index in [1.807, 2.05) is 0 Å². The minimum atomic E-state index is -0.614. The van der Waals surface area contributed by atoms with Crippen LogP contribution in [-0.2, 0) is 0 Å². The number of nitrogens with zero attached hydrogens (tertiary/aromatic N) is 2. The maximum Gasteiger partial charge on any atom is 0.311 e. The van der Waals surface area contributed by atoms with E-state index in [1.165, 1.54) is 31.5 Å². The van der Waals surface area contributed by atoms with Gasteiger partial charge in [-0.3, -0.25) is 14.9 Å². The summed E-state index contributed by atoms with van der Waals surface area (Å²) in [6.45, 7) is 0. The fourth-order valence-electron chi connectivity index (χ4n) is 1.64. The van der Waals surface area contributed by atoms with Crippen molar-refractivity contribution >= 4 is 23.1 Å². The van der Waals surface area contributed by atoms with Gasteiger partial charge >= 0.3 is 5.69 Å². The van der Waals surface area contributed by atoms with Gasteiger partial charge in [-0.1, -0.05) is 0 Å². The third-order valence-electron chi connectivity index (χ3n) is 2.67. The van der Waals surface area contributed by atoms with Crippen molar-refractivity contribution in [1.29, 1.82) is 0 Å². The second-order valence-corrected chi connectivity index (χ2v) is 4.07. The molecule has 8 heteroatoms. The summed E-state index contributed by atoms with van der Waals surface area (Å²) >= 11 is 0. The van der Waals surface area contributed by atoms with Gasteiger partial charge in [0.25, 0.3) is 5.91 Å². The molecule has 0 fully saturated rings. The SMILES string of the molecule is COc1ccc(C(=O)Nc2ccc(N)cn2)cc1[N+](=O)[O-]. The van der Waals surface area contributed by atoms with E-state index in [9.17, 15) is 14.9 Å². The highest BCUT2D eigenvalue weighted by Crippen LogP contribution is 2.27. The van der Waals surface area contributed by atoms with E-state index in [2.05, 4.69) is 10.3 Å². The van der Waals surface area contributed by atoms with E-state index >= 15 is 0 Å². The number of rotatable bonds is 4. The molecule has 0 aliphatic rings. The number of benzene rings is 1. The summed E-state index contributed by atoms with van der Waals surface area (Å²) < 4.78 is 4.87. The van der Waals surface area contributed by atoms with Gasteiger partial charge in [-0.2, -0.15) is 0 Å². The van der Waals surface area contributed by atoms with Crippen LogP contribution < -0.4 is 15.8 Å². The Balaban J connectivity index is 2.25. The Morgan fingerprint density at radius 2 is 2.14 bits per heavy atom. The molecular weight excluding hydrogens is 276 g/mol. The number of hydrogen-bond donors (Lipinski definition) is 2. The zero-order valence-electron chi connectivity index (χ0n) is 11.1. The van der Waals surface area contributed by atoms with Crippen molar-refractivity contribution in [2.75, 3.05) is 18.2 Å². The molecular formula is C13H12N4O4. The van der Waals surface area contributed by atoms with E-state index in [4.69, 9.17) is 10.5 Å². The van der Waals surface area contributed by atoms with Gasteiger partial charge in [0.15, 0.2) is 5.75 Å². The summed E-state index contributed by atoms with van der Waals surface area (Å²) in [4.78, 5) is 26.3. The Hall–Kier alpha value is -3.16. The molecule has 0 aliphatic heterocycles. The topological polar surface area (TPSA) is 120 Å². The molecule has 3 N–H and O–H groups in total. The van der Waals surface area contributed by atoms with E-state index in [1.54, 1.807) is 6.07 Å². The van der Waals surface area contributed by atoms with Gasteiger partial charge in [0.2, 0.25) is 0 Å². The third kappa shape index (κ3) is 3.24. The standard InChI is InChI=1S/C13H12N4O4/c1-21-11-4-2-8(6-10(11)17(19)20)13(18)16-12-5-3-9(14)7-15-12/h2-7H,14H2,1H3,(H,15,16,18). The van der Waals surface area contributed by atoms with Crippen molar-refractivity contribution < 1.29 is 14.5 Å². The van der Waals surface area contributed by atoms with Crippen LogP contribution in [0.1, 0.15) is 10.4 Å². The van der Waals surface area contributed by atoms with Gasteiger partial charge in [0.05, 0.1) is 23.9 Å². The Morgan fingerprint density at radius 3 is 2.71 bits per heavy atom. The maximum absolute atomic E-state index is 12.0. The van der Waals surface area contributed by atoms with Crippen LogP contribution in [0.5, 0.6) is 5.75 Å². The fourth-order valence-corrected chi connectivity index (χ4v) is 1.64. The van der Waals surface area contributed by atoms with Gasteiger partial charge in [-0.25, -0.2) is 4.98 Å². The van der Waals surface area contributed by atoms with Gasteiger partial charge in [0, 0.05) is 11.6 Å². The summed E-state index contributed by atoms with van der Waals surface area (Å²) in [5, 5.41) is 13.4. The lowest BCUT2D eigenvalue weighted by atomic mass is 10.1. The first-order valence-electron chi connectivity index (χ1n) is 5.86. The van der Waals surface area contributed by atoms with E-state index in [0.29, 0.717) is 11.5 Å². The van der Waals surface area contributed by atoms with Gasteiger partial charge in [0.1, 0.15) is 5.82 Å². The summed E-state index contributed by atoms with van der Waals surface area (Å²) in [7, 11) is 1.32. The number of amides is 1. The number of nitrogen functional groups attached to an aromatic ring is 1. The molecule has 0 bridgehead atoms. The molecule has 2 rings (SSSR count). The Kier molecular flexibility index (Phi) is 3.98. The molecule has 1 aromatic carbocycles. The van der Waals surface area contributed by atoms with Crippen molar-refractivity contribution in [2.24, 2.45) is 0 Å². The highest BCUT2D eigenvalue weighted by atomic mass is 16.6. The number of anilines is 2. The van der Waals surface area contributed by atoms with Gasteiger partial charge < -0.3 is 15.8 Å². The largest absolute Gasteiger partial charge is 0.490 e. The number of methoxy groups -OCH3 is 1. The maximum atomic E-state index is 12.0. The summed E-state index contributed by atoms with van der Waals surface area (Å²) in [6, 6.07) is 7.05. The van der Waals surface area contributed by atoms with Crippen LogP contribution in [0, 0.1) is 10.1 Å². The molecule has 108 valence electrons. The molecule has 0 saturated heterocycles. The molecule has 0 spiro atoms. The first-order chi connectivity index (χ1) is 10.0. The average Bonchev–Trinajstić information content (AvgIpc) is 2.48. The monoisotopic (exact) mass is 288 g/mol. The third-order valence-corrected chi connectivity index (χ3v) is 2.67. The molecule has 1 heterocycles. The number of nitro benzene ring substituents is 1. The second kappa shape index (κ2) is 5.87. The lowest BCUT2D eigenvalue weighted by molar-refractivity contribution is -0.385. The number of aromatic nitrogens is 1. The van der Waals surface area contributed by atoms with Crippen LogP contribution in [0.25, 0.3) is 0 Å². The number of carbonyl (C=O) groups excluding carboxylic acids is 1. The zero-order chi connectivity index (χ0) is 15.4. The molecule has 8 nitrogen and oxygen atoms in total. The number of carbonyl (C=O) groups is 1. The average molecular weight is 288 g/mol. The van der Waals surface area contributed by atoms with Crippen LogP contribution >= 0.6 is 0 Å². The lowest BCUT2D eigenvalue weighted by Gasteiger charge is -2.06. The van der Waals surface area contributed by atoms with Crippen molar-refractivity contribution in [2.45, 2.75) is 0 Å². The number of pyridine rings is 1. The van der Waals surface area contributed by atoms with Crippen LogP contribution in [0.15, 0.2) is 36.5 Å². The van der Waals surface area contributed by atoms with Crippen molar-refractivity contribution in [3.63, 3.8) is 0 Å². The number of nitro groups is 1. The predicted octanol–water partition coefficient (Wildman–Crippen LogP) is 1.83. The first-order valence-corrected chi connectivity index (χ1v) is 5.86. The zero-order valence-corrected chi connectivity index (χ0v) is 11.1. The quantitative estimate of drug-likeness (QED) is 0.654. The summed E-state index contributed by atoms with van der Waals surface area (Å²) in [5.74, 6) is -0.132. The number of hydrogen-bond acceptors (Lipinski definition) is 6. The summed E-state index contributed by atoms with van der Waals surface area (Å²) in [5.41, 5.74) is 5.80. The van der Waals surface area contributed by atoms with Crippen molar-refractivity contribution in [3.05, 3.63) is 52.2 Å². The second-order valence-electron chi connectivity index (χ2n) is 4.07.